The number of rotatable bonds is 7. The van der Waals surface area contributed by atoms with Gasteiger partial charge in [-0.15, -0.1) is 5.06 Å². The molecule has 1 aliphatic carbocycles. The Morgan fingerprint density at radius 3 is 2.19 bits per heavy atom. The zero-order valence-corrected chi connectivity index (χ0v) is 19.8. The number of ether oxygens (including phenoxy) is 1. The highest BCUT2D eigenvalue weighted by molar-refractivity contribution is 6.20. The fourth-order valence-corrected chi connectivity index (χ4v) is 5.16. The summed E-state index contributed by atoms with van der Waals surface area (Å²) >= 11 is 0. The number of pyridine rings is 1. The third kappa shape index (κ3) is 4.25. The van der Waals surface area contributed by atoms with E-state index in [2.05, 4.69) is 4.98 Å². The van der Waals surface area contributed by atoms with E-state index >= 15 is 0 Å². The normalized spacial score (nSPS) is 16.5. The molecule has 0 spiro atoms. The Morgan fingerprint density at radius 2 is 1.47 bits per heavy atom. The second kappa shape index (κ2) is 9.55. The molecule has 180 valence electrons. The number of para-hydroxylation sites is 1. The van der Waals surface area contributed by atoms with Gasteiger partial charge in [-0.1, -0.05) is 61.4 Å². The van der Waals surface area contributed by atoms with Gasteiger partial charge in [0.05, 0.1) is 22.3 Å². The number of hydrogen-bond donors (Lipinski definition) is 0. The number of hydroxylamine groups is 2. The molecule has 0 bridgehead atoms. The van der Waals surface area contributed by atoms with E-state index < -0.39 is 11.8 Å². The molecule has 3 aromatic carbocycles. The highest BCUT2D eigenvalue weighted by Gasteiger charge is 2.40. The molecule has 6 nitrogen and oxygen atoms in total. The molecule has 2 heterocycles. The summed E-state index contributed by atoms with van der Waals surface area (Å²) in [6.07, 6.45) is 3.85. The Balaban J connectivity index is 1.18. The standard InChI is InChI=1S/C30H26N2O4/c33-29-25-10-4-5-11-26(25)30(34)32(29)36-28(21-8-1-2-9-21)22-14-17-24(18-15-22)35-19-23-16-13-20-7-3-6-12-27(20)31-23/h3-7,10-18,21,28H,1-2,8-9,19H2. The summed E-state index contributed by atoms with van der Waals surface area (Å²) in [4.78, 5) is 36.6. The maximum absolute atomic E-state index is 12.9. The first kappa shape index (κ1) is 22.4. The first-order chi connectivity index (χ1) is 17.7. The van der Waals surface area contributed by atoms with Crippen LogP contribution in [0.25, 0.3) is 10.9 Å². The lowest BCUT2D eigenvalue weighted by molar-refractivity contribution is -0.151. The van der Waals surface area contributed by atoms with E-state index in [0.29, 0.717) is 17.7 Å². The van der Waals surface area contributed by atoms with Gasteiger partial charge in [0.25, 0.3) is 11.8 Å². The number of hydrogen-bond acceptors (Lipinski definition) is 5. The molecule has 2 amide bonds. The van der Waals surface area contributed by atoms with E-state index in [4.69, 9.17) is 9.57 Å². The fraction of sp³-hybridized carbons (Fsp3) is 0.233. The van der Waals surface area contributed by atoms with Gasteiger partial charge in [0, 0.05) is 5.39 Å². The van der Waals surface area contributed by atoms with E-state index in [1.165, 1.54) is 0 Å². The first-order valence-corrected chi connectivity index (χ1v) is 12.4. The summed E-state index contributed by atoms with van der Waals surface area (Å²) in [6, 6.07) is 26.6. The van der Waals surface area contributed by atoms with Crippen LogP contribution in [0.3, 0.4) is 0 Å². The van der Waals surface area contributed by atoms with Crippen molar-refractivity contribution in [2.75, 3.05) is 0 Å². The van der Waals surface area contributed by atoms with Gasteiger partial charge in [0.2, 0.25) is 0 Å². The lowest BCUT2D eigenvalue weighted by Gasteiger charge is -2.27. The van der Waals surface area contributed by atoms with Crippen molar-refractivity contribution in [3.05, 3.63) is 107 Å². The van der Waals surface area contributed by atoms with Crippen molar-refractivity contribution in [1.29, 1.82) is 0 Å². The highest BCUT2D eigenvalue weighted by Crippen LogP contribution is 2.40. The van der Waals surface area contributed by atoms with Gasteiger partial charge < -0.3 is 4.74 Å². The average Bonchev–Trinajstić information content (AvgIpc) is 3.54. The van der Waals surface area contributed by atoms with Gasteiger partial charge in [-0.05, 0) is 60.7 Å². The quantitative estimate of drug-likeness (QED) is 0.293. The van der Waals surface area contributed by atoms with E-state index in [0.717, 1.165) is 58.7 Å². The van der Waals surface area contributed by atoms with Gasteiger partial charge in [-0.3, -0.25) is 14.4 Å². The molecule has 1 unspecified atom stereocenters. The van der Waals surface area contributed by atoms with Crippen molar-refractivity contribution in [3.63, 3.8) is 0 Å². The number of carbonyl (C=O) groups is 2. The summed E-state index contributed by atoms with van der Waals surface area (Å²) in [5.41, 5.74) is 3.50. The molecule has 36 heavy (non-hydrogen) atoms. The molecule has 4 aromatic rings. The summed E-state index contributed by atoms with van der Waals surface area (Å²) in [5, 5.41) is 2.05. The molecular weight excluding hydrogens is 452 g/mol. The maximum Gasteiger partial charge on any atom is 0.285 e. The monoisotopic (exact) mass is 478 g/mol. The van der Waals surface area contributed by atoms with Crippen LogP contribution in [0, 0.1) is 5.92 Å². The van der Waals surface area contributed by atoms with Crippen LogP contribution in [-0.4, -0.2) is 21.9 Å². The summed E-state index contributed by atoms with van der Waals surface area (Å²) in [6.45, 7) is 0.363. The summed E-state index contributed by atoms with van der Waals surface area (Å²) < 4.78 is 5.99. The Morgan fingerprint density at radius 1 is 0.806 bits per heavy atom. The predicted molar refractivity (Wildman–Crippen MR) is 135 cm³/mol. The van der Waals surface area contributed by atoms with Crippen LogP contribution in [-0.2, 0) is 11.4 Å². The van der Waals surface area contributed by atoms with Crippen molar-refractivity contribution >= 4 is 22.7 Å². The number of benzene rings is 3. The molecule has 6 rings (SSSR count). The van der Waals surface area contributed by atoms with E-state index in [-0.39, 0.29) is 12.0 Å². The van der Waals surface area contributed by atoms with Crippen LogP contribution in [0.15, 0.2) is 84.9 Å². The van der Waals surface area contributed by atoms with Crippen molar-refractivity contribution in [2.45, 2.75) is 38.4 Å². The van der Waals surface area contributed by atoms with Crippen LogP contribution < -0.4 is 4.74 Å². The van der Waals surface area contributed by atoms with Crippen LogP contribution in [0.4, 0.5) is 0 Å². The molecule has 1 atom stereocenters. The zero-order chi connectivity index (χ0) is 24.5. The summed E-state index contributed by atoms with van der Waals surface area (Å²) in [5.74, 6) is 0.158. The maximum atomic E-state index is 12.9. The van der Waals surface area contributed by atoms with E-state index in [1.807, 2.05) is 60.7 Å². The molecule has 2 aliphatic rings. The van der Waals surface area contributed by atoms with Crippen LogP contribution in [0.2, 0.25) is 0 Å². The Kier molecular flexibility index (Phi) is 5.95. The van der Waals surface area contributed by atoms with Crippen LogP contribution in [0.1, 0.15) is 63.8 Å². The average molecular weight is 479 g/mol. The molecule has 0 radical (unpaired) electrons. The number of aromatic nitrogens is 1. The molecule has 1 aliphatic heterocycles. The van der Waals surface area contributed by atoms with Gasteiger partial charge in [-0.25, -0.2) is 4.98 Å². The molecular formula is C30H26N2O4. The molecule has 1 aromatic heterocycles. The fourth-order valence-electron chi connectivity index (χ4n) is 5.16. The predicted octanol–water partition coefficient (Wildman–Crippen LogP) is 6.27. The molecule has 0 N–H and O–H groups in total. The van der Waals surface area contributed by atoms with Crippen LogP contribution >= 0.6 is 0 Å². The number of nitrogens with zero attached hydrogens (tertiary/aromatic N) is 2. The number of imide groups is 1. The van der Waals surface area contributed by atoms with E-state index in [1.54, 1.807) is 24.3 Å². The minimum absolute atomic E-state index is 0.239. The van der Waals surface area contributed by atoms with Crippen molar-refractivity contribution in [3.8, 4) is 5.75 Å². The lowest BCUT2D eigenvalue weighted by Crippen LogP contribution is -2.33. The van der Waals surface area contributed by atoms with Gasteiger partial charge in [0.15, 0.2) is 0 Å². The van der Waals surface area contributed by atoms with Gasteiger partial charge in [0.1, 0.15) is 18.5 Å². The molecule has 1 saturated carbocycles. The lowest BCUT2D eigenvalue weighted by atomic mass is 9.94. The second-order valence-electron chi connectivity index (χ2n) is 9.37. The van der Waals surface area contributed by atoms with Gasteiger partial charge in [-0.2, -0.15) is 0 Å². The second-order valence-corrected chi connectivity index (χ2v) is 9.37. The smallest absolute Gasteiger partial charge is 0.285 e. The Labute approximate surface area is 209 Å². The van der Waals surface area contributed by atoms with Crippen molar-refractivity contribution in [2.24, 2.45) is 5.92 Å². The topological polar surface area (TPSA) is 68.7 Å². The molecule has 0 saturated heterocycles. The Hall–Kier alpha value is -4.03. The third-order valence-electron chi connectivity index (χ3n) is 7.06. The first-order valence-electron chi connectivity index (χ1n) is 12.4. The minimum atomic E-state index is -0.401. The number of carbonyl (C=O) groups excluding carboxylic acids is 2. The third-order valence-corrected chi connectivity index (χ3v) is 7.06. The van der Waals surface area contributed by atoms with Crippen molar-refractivity contribution < 1.29 is 19.2 Å². The van der Waals surface area contributed by atoms with Crippen LogP contribution in [0.5, 0.6) is 5.75 Å². The highest BCUT2D eigenvalue weighted by atomic mass is 16.7. The number of amides is 2. The van der Waals surface area contributed by atoms with E-state index in [9.17, 15) is 9.59 Å². The molecule has 1 fully saturated rings. The van der Waals surface area contributed by atoms with Crippen molar-refractivity contribution in [1.82, 2.24) is 10.0 Å². The van der Waals surface area contributed by atoms with Gasteiger partial charge >= 0.3 is 0 Å². The molecule has 6 heteroatoms. The summed E-state index contributed by atoms with van der Waals surface area (Å²) in [7, 11) is 0. The minimum Gasteiger partial charge on any atom is -0.487 e. The zero-order valence-electron chi connectivity index (χ0n) is 19.8. The Bertz CT molecular complexity index is 1390. The SMILES string of the molecule is O=C1c2ccccc2C(=O)N1OC(c1ccc(OCc2ccc3ccccc3n2)cc1)C1CCCC1. The number of fused-ring (bicyclic) bond motifs is 2. The largest absolute Gasteiger partial charge is 0.487 e.